The fourth-order valence-electron chi connectivity index (χ4n) is 0.760. The van der Waals surface area contributed by atoms with Gasteiger partial charge in [-0.2, -0.15) is 8.78 Å². The van der Waals surface area contributed by atoms with Gasteiger partial charge in [0.05, 0.1) is 0 Å². The lowest BCUT2D eigenvalue weighted by Crippen LogP contribution is -2.44. The molecule has 0 amide bonds. The molecule has 0 radical (unpaired) electrons. The van der Waals surface area contributed by atoms with Gasteiger partial charge in [-0.15, -0.1) is 0 Å². The minimum atomic E-state index is -3.96. The smallest absolute Gasteiger partial charge is 0.236 e. The van der Waals surface area contributed by atoms with E-state index < -0.39 is 17.2 Å². The Morgan fingerprint density at radius 3 is 2.00 bits per heavy atom. The molecule has 0 fully saturated rings. The first kappa shape index (κ1) is 12.6. The number of hydrogen-bond acceptors (Lipinski definition) is 0. The molecule has 0 aliphatic carbocycles. The summed E-state index contributed by atoms with van der Waals surface area (Å²) in [6.07, 6.45) is -0.132. The number of alkyl halides is 4. The molecule has 0 heterocycles. The van der Waals surface area contributed by atoms with Gasteiger partial charge in [0.1, 0.15) is 0 Å². The van der Waals surface area contributed by atoms with Crippen molar-refractivity contribution in [1.29, 1.82) is 0 Å². The van der Waals surface area contributed by atoms with Crippen LogP contribution in [-0.4, -0.2) is 17.2 Å². The highest BCUT2D eigenvalue weighted by atomic mass is 31.0. The number of hydrogen-bond donors (Lipinski definition) is 0. The van der Waals surface area contributed by atoms with E-state index >= 15 is 0 Å². The third kappa shape index (κ3) is 2.53. The molecule has 0 nitrogen and oxygen atoms in total. The van der Waals surface area contributed by atoms with Crippen molar-refractivity contribution in [3.05, 3.63) is 0 Å². The van der Waals surface area contributed by atoms with Gasteiger partial charge < -0.3 is 0 Å². The molecule has 0 N–H and O–H groups in total. The largest absolute Gasteiger partial charge is 0.318 e. The van der Waals surface area contributed by atoms with Crippen LogP contribution in [0.15, 0.2) is 0 Å². The first-order valence-corrected chi connectivity index (χ1v) is 4.75. The molecule has 0 spiro atoms. The van der Waals surface area contributed by atoms with E-state index in [1.807, 2.05) is 0 Å². The van der Waals surface area contributed by atoms with Crippen LogP contribution >= 0.6 is 18.5 Å². The van der Waals surface area contributed by atoms with Crippen LogP contribution < -0.4 is 0 Å². The summed E-state index contributed by atoms with van der Waals surface area (Å²) >= 11 is 0. The summed E-state index contributed by atoms with van der Waals surface area (Å²) < 4.78 is 50.8. The van der Waals surface area contributed by atoms with E-state index in [1.165, 1.54) is 18.5 Å². The van der Waals surface area contributed by atoms with Gasteiger partial charge in [0, 0.05) is 0 Å². The third-order valence-corrected chi connectivity index (χ3v) is 2.61. The first-order chi connectivity index (χ1) is 5.25. The molecular weight excluding hydrogens is 210 g/mol. The van der Waals surface area contributed by atoms with Crippen LogP contribution in [0.5, 0.6) is 0 Å². The van der Waals surface area contributed by atoms with Gasteiger partial charge in [0.25, 0.3) is 0 Å². The van der Waals surface area contributed by atoms with Crippen molar-refractivity contribution in [3.63, 3.8) is 0 Å². The zero-order chi connectivity index (χ0) is 9.99. The maximum absolute atomic E-state index is 13.1. The van der Waals surface area contributed by atoms with Crippen molar-refractivity contribution in [2.24, 2.45) is 0 Å². The van der Waals surface area contributed by atoms with Crippen LogP contribution in [0.2, 0.25) is 0 Å². The Bertz CT molecular complexity index is 146. The highest BCUT2D eigenvalue weighted by molar-refractivity contribution is 7.19. The van der Waals surface area contributed by atoms with Gasteiger partial charge in [-0.25, -0.2) is 8.78 Å². The predicted octanol–water partition coefficient (Wildman–Crippen LogP) is 3.13. The zero-order valence-corrected chi connectivity index (χ0v) is 8.97. The van der Waals surface area contributed by atoms with Gasteiger partial charge >= 0.3 is 5.92 Å². The molecule has 0 aromatic heterocycles. The first-order valence-electron chi connectivity index (χ1n) is 3.51. The van der Waals surface area contributed by atoms with E-state index in [0.717, 1.165) is 0 Å². The monoisotopic (exact) mass is 222 g/mol. The molecular formula is C6H12F4P2. The minimum absolute atomic E-state index is 0.243. The quantitative estimate of drug-likeness (QED) is 0.506. The fourth-order valence-corrected chi connectivity index (χ4v) is 1.68. The van der Waals surface area contributed by atoms with Crippen molar-refractivity contribution < 1.29 is 17.6 Å². The second-order valence-corrected chi connectivity index (χ2v) is 4.14. The van der Waals surface area contributed by atoms with E-state index in [9.17, 15) is 17.6 Å². The van der Waals surface area contributed by atoms with Gasteiger partial charge in [-0.1, -0.05) is 31.8 Å². The highest BCUT2D eigenvalue weighted by Gasteiger charge is 2.55. The Morgan fingerprint density at radius 1 is 1.33 bits per heavy atom. The van der Waals surface area contributed by atoms with Gasteiger partial charge in [-0.3, -0.25) is 0 Å². The summed E-state index contributed by atoms with van der Waals surface area (Å²) in [4.78, 5) is 0. The van der Waals surface area contributed by atoms with Crippen molar-refractivity contribution >= 4 is 18.5 Å². The van der Waals surface area contributed by atoms with Crippen LogP contribution in [0.25, 0.3) is 0 Å². The fraction of sp³-hybridized carbons (Fsp3) is 1.00. The lowest BCUT2D eigenvalue weighted by molar-refractivity contribution is -0.119. The maximum atomic E-state index is 13.1. The maximum Gasteiger partial charge on any atom is 0.318 e. The molecule has 6 heteroatoms. The number of halogens is 4. The van der Waals surface area contributed by atoms with Crippen LogP contribution in [0.3, 0.4) is 0 Å². The Hall–Kier alpha value is 0.580. The lowest BCUT2D eigenvalue weighted by atomic mass is 10.1. The molecule has 0 aliphatic heterocycles. The van der Waals surface area contributed by atoms with Crippen LogP contribution in [-0.2, 0) is 0 Å². The summed E-state index contributed by atoms with van der Waals surface area (Å²) in [6.45, 7) is 1.56. The molecule has 74 valence electrons. The zero-order valence-electron chi connectivity index (χ0n) is 6.66. The Kier molecular flexibility index (Phi) is 4.40. The van der Waals surface area contributed by atoms with Gasteiger partial charge in [0.2, 0.25) is 0 Å². The van der Waals surface area contributed by atoms with Gasteiger partial charge in [0.15, 0.2) is 11.3 Å². The topological polar surface area (TPSA) is 0 Å². The summed E-state index contributed by atoms with van der Waals surface area (Å²) in [6, 6.07) is 0. The molecule has 12 heavy (non-hydrogen) atoms. The Balaban J connectivity index is 4.50. The van der Waals surface area contributed by atoms with Gasteiger partial charge in [-0.05, 0) is 6.42 Å². The van der Waals surface area contributed by atoms with E-state index in [0.29, 0.717) is 0 Å². The average molecular weight is 222 g/mol. The molecule has 0 aromatic carbocycles. The molecule has 0 bridgehead atoms. The highest BCUT2D eigenvalue weighted by Crippen LogP contribution is 2.46. The Labute approximate surface area is 73.9 Å². The second kappa shape index (κ2) is 4.19. The van der Waals surface area contributed by atoms with Crippen molar-refractivity contribution in [3.8, 4) is 0 Å². The predicted molar refractivity (Wildman–Crippen MR) is 48.0 cm³/mol. The van der Waals surface area contributed by atoms with Crippen LogP contribution in [0.4, 0.5) is 17.6 Å². The van der Waals surface area contributed by atoms with Crippen molar-refractivity contribution in [1.82, 2.24) is 0 Å². The summed E-state index contributed by atoms with van der Waals surface area (Å²) in [5.74, 6) is -6.51. The van der Waals surface area contributed by atoms with Crippen LogP contribution in [0, 0.1) is 0 Å². The standard InChI is InChI=1S/C6H12F4P2/c1-2-3-5(8,12)6(9,10)4(7)11/h4H,2-3,11-12H2,1H3. The lowest BCUT2D eigenvalue weighted by Gasteiger charge is -2.30. The van der Waals surface area contributed by atoms with E-state index in [2.05, 4.69) is 0 Å². The summed E-state index contributed by atoms with van der Waals surface area (Å²) in [5, 5.41) is -2.84. The molecule has 0 rings (SSSR count). The second-order valence-electron chi connectivity index (χ2n) is 2.64. The summed E-state index contributed by atoms with van der Waals surface area (Å²) in [5.41, 5.74) is 0. The van der Waals surface area contributed by atoms with E-state index in [1.54, 1.807) is 6.92 Å². The minimum Gasteiger partial charge on any atom is -0.236 e. The van der Waals surface area contributed by atoms with Crippen molar-refractivity contribution in [2.75, 3.05) is 0 Å². The van der Waals surface area contributed by atoms with Crippen LogP contribution in [0.1, 0.15) is 19.8 Å². The normalized spacial score (nSPS) is 20.2. The third-order valence-electron chi connectivity index (χ3n) is 1.51. The van der Waals surface area contributed by atoms with Crippen molar-refractivity contribution in [2.45, 2.75) is 37.0 Å². The SMILES string of the molecule is CCCC(F)(P)C(F)(F)C(F)P. The number of rotatable bonds is 4. The molecule has 0 saturated carbocycles. The molecule has 0 aliphatic rings. The van der Waals surface area contributed by atoms with E-state index in [4.69, 9.17) is 0 Å². The molecule has 4 atom stereocenters. The molecule has 0 aromatic rings. The molecule has 4 unspecified atom stereocenters. The summed E-state index contributed by atoms with van der Waals surface area (Å²) in [7, 11) is 2.65. The average Bonchev–Trinajstić information content (AvgIpc) is 1.86. The molecule has 0 saturated heterocycles. The Morgan fingerprint density at radius 2 is 1.75 bits per heavy atom. The van der Waals surface area contributed by atoms with E-state index in [-0.39, 0.29) is 12.8 Å².